The molecule has 0 aromatic heterocycles. The van der Waals surface area contributed by atoms with Gasteiger partial charge in [0.25, 0.3) is 0 Å². The van der Waals surface area contributed by atoms with Crippen molar-refractivity contribution in [1.29, 1.82) is 0 Å². The van der Waals surface area contributed by atoms with Crippen LogP contribution in [-0.4, -0.2) is 55.7 Å². The third kappa shape index (κ3) is 5.54. The Morgan fingerprint density at radius 3 is 2.38 bits per heavy atom. The van der Waals surface area contributed by atoms with Crippen LogP contribution in [0.25, 0.3) is 0 Å². The van der Waals surface area contributed by atoms with Crippen molar-refractivity contribution in [2.75, 3.05) is 40.1 Å². The van der Waals surface area contributed by atoms with Gasteiger partial charge in [-0.25, -0.2) is 0 Å². The Kier molecular flexibility index (Phi) is 7.23. The minimum Gasteiger partial charge on any atom is -0.381 e. The Labute approximate surface area is 157 Å². The van der Waals surface area contributed by atoms with Crippen LogP contribution in [0.5, 0.6) is 0 Å². The Hall–Kier alpha value is -1.41. The number of ether oxygens (including phenoxy) is 1. The first-order chi connectivity index (χ1) is 12.3. The van der Waals surface area contributed by atoms with Crippen molar-refractivity contribution >= 4 is 17.7 Å². The number of halogens is 3. The predicted molar refractivity (Wildman–Crippen MR) is 101 cm³/mol. The first kappa shape index (κ1) is 20.9. The number of nitrogens with zero attached hydrogens (tertiary/aromatic N) is 2. The second-order valence-corrected chi connectivity index (χ2v) is 7.73. The Bertz CT molecular complexity index is 599. The number of benzene rings is 1. The van der Waals surface area contributed by atoms with Crippen molar-refractivity contribution in [3.8, 4) is 0 Å². The summed E-state index contributed by atoms with van der Waals surface area (Å²) in [5.74, 6) is 0.727. The maximum atomic E-state index is 12.7. The first-order valence-corrected chi connectivity index (χ1v) is 9.73. The van der Waals surface area contributed by atoms with E-state index in [4.69, 9.17) is 4.74 Å². The molecule has 8 heteroatoms. The smallest absolute Gasteiger partial charge is 0.381 e. The van der Waals surface area contributed by atoms with Gasteiger partial charge < -0.3 is 15.0 Å². The van der Waals surface area contributed by atoms with Crippen molar-refractivity contribution in [3.63, 3.8) is 0 Å². The fraction of sp³-hybridized carbons (Fsp3) is 0.611. The van der Waals surface area contributed by atoms with Gasteiger partial charge in [0.2, 0.25) is 0 Å². The lowest BCUT2D eigenvalue weighted by Gasteiger charge is -2.37. The van der Waals surface area contributed by atoms with Crippen LogP contribution < -0.4 is 5.32 Å². The number of nitrogens with one attached hydrogen (secondary N) is 1. The molecule has 0 amide bonds. The molecule has 1 aromatic carbocycles. The SMILES string of the molecule is CN=C(NCC1(SC)CCOCC1)N(C)Cc1ccc(C(F)(F)F)cc1. The van der Waals surface area contributed by atoms with E-state index >= 15 is 0 Å². The van der Waals surface area contributed by atoms with Gasteiger partial charge in [-0.15, -0.1) is 0 Å². The van der Waals surface area contributed by atoms with Gasteiger partial charge in [0, 0.05) is 45.1 Å². The van der Waals surface area contributed by atoms with Crippen LogP contribution in [0.15, 0.2) is 29.3 Å². The number of hydrogen-bond acceptors (Lipinski definition) is 3. The zero-order chi connectivity index (χ0) is 19.2. The molecule has 1 aliphatic rings. The first-order valence-electron chi connectivity index (χ1n) is 8.50. The van der Waals surface area contributed by atoms with E-state index in [-0.39, 0.29) is 4.75 Å². The molecule has 2 rings (SSSR count). The monoisotopic (exact) mass is 389 g/mol. The molecular weight excluding hydrogens is 363 g/mol. The summed E-state index contributed by atoms with van der Waals surface area (Å²) in [6.45, 7) is 2.79. The lowest BCUT2D eigenvalue weighted by Crippen LogP contribution is -2.48. The van der Waals surface area contributed by atoms with Crippen LogP contribution in [0, 0.1) is 0 Å². The molecule has 0 unspecified atom stereocenters. The third-order valence-electron chi connectivity index (χ3n) is 4.68. The van der Waals surface area contributed by atoms with Crippen molar-refractivity contribution < 1.29 is 17.9 Å². The molecule has 0 saturated carbocycles. The Balaban J connectivity index is 1.95. The van der Waals surface area contributed by atoms with E-state index in [1.807, 2.05) is 23.7 Å². The van der Waals surface area contributed by atoms with Gasteiger partial charge in [0.1, 0.15) is 0 Å². The highest BCUT2D eigenvalue weighted by Crippen LogP contribution is 2.33. The molecule has 26 heavy (non-hydrogen) atoms. The van der Waals surface area contributed by atoms with E-state index < -0.39 is 11.7 Å². The average molecular weight is 389 g/mol. The fourth-order valence-corrected chi connectivity index (χ4v) is 3.76. The van der Waals surface area contributed by atoms with E-state index in [0.717, 1.165) is 56.3 Å². The van der Waals surface area contributed by atoms with Crippen molar-refractivity contribution in [1.82, 2.24) is 10.2 Å². The summed E-state index contributed by atoms with van der Waals surface area (Å²) in [7, 11) is 3.59. The largest absolute Gasteiger partial charge is 0.416 e. The Morgan fingerprint density at radius 1 is 1.27 bits per heavy atom. The molecule has 1 aliphatic heterocycles. The predicted octanol–water partition coefficient (Wildman–Crippen LogP) is 3.62. The molecule has 0 radical (unpaired) electrons. The second-order valence-electron chi connectivity index (χ2n) is 6.45. The number of rotatable bonds is 5. The second kappa shape index (κ2) is 8.99. The number of alkyl halides is 3. The van der Waals surface area contributed by atoms with Crippen molar-refractivity contribution in [2.45, 2.75) is 30.3 Å². The molecule has 1 aromatic rings. The minimum atomic E-state index is -4.31. The van der Waals surface area contributed by atoms with Gasteiger partial charge in [0.15, 0.2) is 5.96 Å². The molecular formula is C18H26F3N3OS. The highest BCUT2D eigenvalue weighted by atomic mass is 32.2. The molecule has 0 bridgehead atoms. The Morgan fingerprint density at radius 2 is 1.88 bits per heavy atom. The summed E-state index contributed by atoms with van der Waals surface area (Å²) in [6, 6.07) is 5.25. The van der Waals surface area contributed by atoms with E-state index in [1.54, 1.807) is 7.05 Å². The van der Waals surface area contributed by atoms with Gasteiger partial charge in [-0.2, -0.15) is 24.9 Å². The van der Waals surface area contributed by atoms with E-state index in [9.17, 15) is 13.2 Å². The van der Waals surface area contributed by atoms with Gasteiger partial charge in [0.05, 0.1) is 5.56 Å². The zero-order valence-corrected chi connectivity index (χ0v) is 16.2. The van der Waals surface area contributed by atoms with Crippen LogP contribution in [0.2, 0.25) is 0 Å². The maximum absolute atomic E-state index is 12.7. The van der Waals surface area contributed by atoms with Gasteiger partial charge >= 0.3 is 6.18 Å². The van der Waals surface area contributed by atoms with Gasteiger partial charge in [-0.1, -0.05) is 12.1 Å². The quantitative estimate of drug-likeness (QED) is 0.616. The number of thioether (sulfide) groups is 1. The van der Waals surface area contributed by atoms with Crippen LogP contribution in [-0.2, 0) is 17.5 Å². The number of guanidine groups is 1. The molecule has 0 spiro atoms. The standard InChI is InChI=1S/C18H26F3N3OS/c1-22-16(23-13-17(26-3)8-10-25-11-9-17)24(2)12-14-4-6-15(7-5-14)18(19,20)21/h4-7H,8-13H2,1-3H3,(H,22,23). The van der Waals surface area contributed by atoms with E-state index in [0.29, 0.717) is 6.54 Å². The third-order valence-corrected chi connectivity index (χ3v) is 6.10. The summed E-state index contributed by atoms with van der Waals surface area (Å²) >= 11 is 1.84. The van der Waals surface area contributed by atoms with E-state index in [2.05, 4.69) is 16.6 Å². The highest BCUT2D eigenvalue weighted by molar-refractivity contribution is 8.00. The molecule has 146 valence electrons. The highest BCUT2D eigenvalue weighted by Gasteiger charge is 2.32. The minimum absolute atomic E-state index is 0.128. The maximum Gasteiger partial charge on any atom is 0.416 e. The van der Waals surface area contributed by atoms with Crippen LogP contribution in [0.3, 0.4) is 0 Å². The summed E-state index contributed by atoms with van der Waals surface area (Å²) in [5, 5.41) is 3.41. The lowest BCUT2D eigenvalue weighted by atomic mass is 9.99. The fourth-order valence-electron chi connectivity index (χ4n) is 2.97. The molecule has 1 saturated heterocycles. The summed E-state index contributed by atoms with van der Waals surface area (Å²) in [6.07, 6.45) is -0.221. The molecule has 1 N–H and O–H groups in total. The molecule has 4 nitrogen and oxygen atoms in total. The van der Waals surface area contributed by atoms with Crippen molar-refractivity contribution in [2.24, 2.45) is 4.99 Å². The molecule has 0 aliphatic carbocycles. The number of hydrogen-bond donors (Lipinski definition) is 1. The topological polar surface area (TPSA) is 36.9 Å². The zero-order valence-electron chi connectivity index (χ0n) is 15.4. The summed E-state index contributed by atoms with van der Waals surface area (Å²) in [5.41, 5.74) is 0.168. The van der Waals surface area contributed by atoms with Crippen LogP contribution in [0.1, 0.15) is 24.0 Å². The average Bonchev–Trinajstić information content (AvgIpc) is 2.62. The molecule has 1 heterocycles. The molecule has 1 fully saturated rings. The normalized spacial score (nSPS) is 17.8. The van der Waals surface area contributed by atoms with E-state index in [1.165, 1.54) is 12.1 Å². The van der Waals surface area contributed by atoms with Crippen LogP contribution in [0.4, 0.5) is 13.2 Å². The summed E-state index contributed by atoms with van der Waals surface area (Å²) in [4.78, 5) is 6.21. The summed E-state index contributed by atoms with van der Waals surface area (Å²) < 4.78 is 43.6. The molecule has 0 atom stereocenters. The van der Waals surface area contributed by atoms with Gasteiger partial charge in [-0.05, 0) is 36.8 Å². The lowest BCUT2D eigenvalue weighted by molar-refractivity contribution is -0.137. The van der Waals surface area contributed by atoms with Gasteiger partial charge in [-0.3, -0.25) is 4.99 Å². The number of aliphatic imine (C=N–C) groups is 1. The van der Waals surface area contributed by atoms with Crippen molar-refractivity contribution in [3.05, 3.63) is 35.4 Å². The van der Waals surface area contributed by atoms with Crippen LogP contribution >= 0.6 is 11.8 Å².